The highest BCUT2D eigenvalue weighted by molar-refractivity contribution is 7.16. The Morgan fingerprint density at radius 3 is 2.50 bits per heavy atom. The Bertz CT molecular complexity index is 698. The maximum Gasteiger partial charge on any atom is 0.0872 e. The highest BCUT2D eigenvalue weighted by Gasteiger charge is 1.97. The van der Waals surface area contributed by atoms with Crippen molar-refractivity contribution in [2.75, 3.05) is 0 Å². The van der Waals surface area contributed by atoms with E-state index in [0.717, 1.165) is 21.6 Å². The molecule has 0 fully saturated rings. The third-order valence-corrected chi connectivity index (χ3v) is 3.42. The molecule has 0 atom stereocenters. The molecule has 3 aromatic rings. The third-order valence-electron chi connectivity index (χ3n) is 2.63. The normalized spacial score (nSPS) is 11.4. The Morgan fingerprint density at radius 1 is 0.944 bits per heavy atom. The molecule has 0 radical (unpaired) electrons. The van der Waals surface area contributed by atoms with Crippen LogP contribution in [0.1, 0.15) is 5.56 Å². The van der Waals surface area contributed by atoms with Crippen molar-refractivity contribution in [3.63, 3.8) is 0 Å². The summed E-state index contributed by atoms with van der Waals surface area (Å²) in [4.78, 5) is 4.23. The maximum absolute atomic E-state index is 4.24. The second kappa shape index (κ2) is 4.66. The lowest BCUT2D eigenvalue weighted by Crippen LogP contribution is -1.69. The zero-order chi connectivity index (χ0) is 12.4. The van der Waals surface area contributed by atoms with Crippen molar-refractivity contribution < 1.29 is 0 Å². The van der Waals surface area contributed by atoms with E-state index in [1.165, 1.54) is 5.56 Å². The summed E-state index contributed by atoms with van der Waals surface area (Å²) in [7, 11) is 0. The van der Waals surface area contributed by atoms with Gasteiger partial charge in [-0.15, -0.1) is 11.3 Å². The lowest BCUT2D eigenvalue weighted by Gasteiger charge is -1.94. The van der Waals surface area contributed by atoms with Gasteiger partial charge < -0.3 is 0 Å². The largest absolute Gasteiger partial charge is 0.245 e. The maximum atomic E-state index is 4.24. The van der Waals surface area contributed by atoms with E-state index < -0.39 is 0 Å². The van der Waals surface area contributed by atoms with Crippen LogP contribution in [0.4, 0.5) is 11.4 Å². The molecule has 0 aliphatic rings. The SMILES string of the molecule is Cc1ccc(N=Nc2ccc3ncsc3c2)cc1. The number of aromatic nitrogens is 1. The summed E-state index contributed by atoms with van der Waals surface area (Å²) in [5.74, 6) is 0. The van der Waals surface area contributed by atoms with Crippen LogP contribution >= 0.6 is 11.3 Å². The van der Waals surface area contributed by atoms with Crippen molar-refractivity contribution in [2.45, 2.75) is 6.92 Å². The number of fused-ring (bicyclic) bond motifs is 1. The van der Waals surface area contributed by atoms with E-state index in [-0.39, 0.29) is 0 Å². The van der Waals surface area contributed by atoms with Gasteiger partial charge >= 0.3 is 0 Å². The van der Waals surface area contributed by atoms with Crippen molar-refractivity contribution in [3.8, 4) is 0 Å². The summed E-state index contributed by atoms with van der Waals surface area (Å²) in [6.45, 7) is 2.05. The lowest BCUT2D eigenvalue weighted by molar-refractivity contribution is 1.23. The fourth-order valence-corrected chi connectivity index (χ4v) is 2.34. The van der Waals surface area contributed by atoms with Crippen molar-refractivity contribution in [1.29, 1.82) is 0 Å². The molecule has 0 bridgehead atoms. The van der Waals surface area contributed by atoms with Crippen LogP contribution in [-0.2, 0) is 0 Å². The molecule has 88 valence electrons. The van der Waals surface area contributed by atoms with Gasteiger partial charge in [0.25, 0.3) is 0 Å². The average Bonchev–Trinajstić information content (AvgIpc) is 2.85. The van der Waals surface area contributed by atoms with Gasteiger partial charge in [0, 0.05) is 0 Å². The van der Waals surface area contributed by atoms with Crippen molar-refractivity contribution in [1.82, 2.24) is 4.98 Å². The van der Waals surface area contributed by atoms with Crippen LogP contribution in [0, 0.1) is 6.92 Å². The first-order valence-electron chi connectivity index (χ1n) is 5.63. The monoisotopic (exact) mass is 253 g/mol. The van der Waals surface area contributed by atoms with Gasteiger partial charge in [-0.3, -0.25) is 0 Å². The predicted octanol–water partition coefficient (Wildman–Crippen LogP) is 5.02. The minimum absolute atomic E-state index is 0.854. The van der Waals surface area contributed by atoms with Gasteiger partial charge in [0.2, 0.25) is 0 Å². The molecule has 0 aliphatic heterocycles. The second-order valence-corrected chi connectivity index (χ2v) is 4.93. The Kier molecular flexibility index (Phi) is 2.86. The zero-order valence-electron chi connectivity index (χ0n) is 9.87. The molecular weight excluding hydrogens is 242 g/mol. The minimum Gasteiger partial charge on any atom is -0.245 e. The van der Waals surface area contributed by atoms with Gasteiger partial charge in [0.15, 0.2) is 0 Å². The molecule has 0 saturated carbocycles. The van der Waals surface area contributed by atoms with Crippen molar-refractivity contribution >= 4 is 32.9 Å². The smallest absolute Gasteiger partial charge is 0.0872 e. The van der Waals surface area contributed by atoms with Gasteiger partial charge in [0.05, 0.1) is 27.1 Å². The summed E-state index contributed by atoms with van der Waals surface area (Å²) in [6, 6.07) is 13.9. The highest BCUT2D eigenvalue weighted by Crippen LogP contribution is 2.25. The number of aryl methyl sites for hydroxylation is 1. The Morgan fingerprint density at radius 2 is 1.67 bits per heavy atom. The average molecular weight is 253 g/mol. The minimum atomic E-state index is 0.854. The zero-order valence-corrected chi connectivity index (χ0v) is 10.7. The van der Waals surface area contributed by atoms with Crippen LogP contribution in [0.15, 0.2) is 58.2 Å². The number of azo groups is 1. The molecule has 1 heterocycles. The number of hydrogen-bond acceptors (Lipinski definition) is 4. The third kappa shape index (κ3) is 2.28. The highest BCUT2D eigenvalue weighted by atomic mass is 32.1. The van der Waals surface area contributed by atoms with Crippen LogP contribution < -0.4 is 0 Å². The topological polar surface area (TPSA) is 37.6 Å². The van der Waals surface area contributed by atoms with Crippen LogP contribution in [-0.4, -0.2) is 4.98 Å². The van der Waals surface area contributed by atoms with E-state index >= 15 is 0 Å². The first-order valence-corrected chi connectivity index (χ1v) is 6.51. The number of nitrogens with zero attached hydrogens (tertiary/aromatic N) is 3. The summed E-state index contributed by atoms with van der Waals surface area (Å²) in [5.41, 5.74) is 5.79. The Balaban J connectivity index is 1.88. The summed E-state index contributed by atoms with van der Waals surface area (Å²) in [5, 5.41) is 8.46. The molecular formula is C14H11N3S. The predicted molar refractivity (Wildman–Crippen MR) is 75.0 cm³/mol. The molecule has 0 spiro atoms. The fourth-order valence-electron chi connectivity index (χ4n) is 1.63. The van der Waals surface area contributed by atoms with Gasteiger partial charge in [0.1, 0.15) is 0 Å². The quantitative estimate of drug-likeness (QED) is 0.591. The molecule has 3 nitrogen and oxygen atoms in total. The standard InChI is InChI=1S/C14H11N3S/c1-10-2-4-11(5-3-10)16-17-12-6-7-13-14(8-12)18-9-15-13/h2-9H,1H3. The van der Waals surface area contributed by atoms with E-state index in [1.807, 2.05) is 48.0 Å². The molecule has 0 unspecified atom stereocenters. The fraction of sp³-hybridized carbons (Fsp3) is 0.0714. The molecule has 3 rings (SSSR count). The number of thiazole rings is 1. The van der Waals surface area contributed by atoms with Crippen LogP contribution in [0.3, 0.4) is 0 Å². The van der Waals surface area contributed by atoms with E-state index in [4.69, 9.17) is 0 Å². The van der Waals surface area contributed by atoms with Gasteiger partial charge in [-0.05, 0) is 37.3 Å². The summed E-state index contributed by atoms with van der Waals surface area (Å²) < 4.78 is 1.13. The van der Waals surface area contributed by atoms with Gasteiger partial charge in [-0.25, -0.2) is 4.98 Å². The second-order valence-electron chi connectivity index (χ2n) is 4.04. The molecule has 0 aliphatic carbocycles. The van der Waals surface area contributed by atoms with Gasteiger partial charge in [-0.1, -0.05) is 17.7 Å². The molecule has 1 aromatic heterocycles. The van der Waals surface area contributed by atoms with Crippen LogP contribution in [0.2, 0.25) is 0 Å². The molecule has 4 heteroatoms. The first kappa shape index (κ1) is 11.0. The van der Waals surface area contributed by atoms with E-state index in [9.17, 15) is 0 Å². The van der Waals surface area contributed by atoms with E-state index in [2.05, 4.69) is 22.1 Å². The van der Waals surface area contributed by atoms with Crippen molar-refractivity contribution in [3.05, 3.63) is 53.5 Å². The Labute approximate surface area is 109 Å². The molecule has 2 aromatic carbocycles. The lowest BCUT2D eigenvalue weighted by atomic mass is 10.2. The van der Waals surface area contributed by atoms with Crippen molar-refractivity contribution in [2.24, 2.45) is 10.2 Å². The number of benzene rings is 2. The molecule has 0 N–H and O–H groups in total. The number of rotatable bonds is 2. The van der Waals surface area contributed by atoms with Crippen LogP contribution in [0.5, 0.6) is 0 Å². The molecule has 18 heavy (non-hydrogen) atoms. The number of hydrogen-bond donors (Lipinski definition) is 0. The van der Waals surface area contributed by atoms with E-state index in [0.29, 0.717) is 0 Å². The van der Waals surface area contributed by atoms with Crippen LogP contribution in [0.25, 0.3) is 10.2 Å². The van der Waals surface area contributed by atoms with E-state index in [1.54, 1.807) is 11.3 Å². The molecule has 0 saturated heterocycles. The summed E-state index contributed by atoms with van der Waals surface area (Å²) in [6.07, 6.45) is 0. The first-order chi connectivity index (χ1) is 8.81. The molecule has 0 amide bonds. The Hall–Kier alpha value is -2.07. The summed E-state index contributed by atoms with van der Waals surface area (Å²) >= 11 is 1.61. The van der Waals surface area contributed by atoms with Gasteiger partial charge in [-0.2, -0.15) is 10.2 Å².